The fraction of sp³-hybridized carbons (Fsp3) is 0.417. The average molecular weight is 239 g/mol. The Morgan fingerprint density at radius 2 is 2.25 bits per heavy atom. The fourth-order valence-corrected chi connectivity index (χ4v) is 2.27. The van der Waals surface area contributed by atoms with Crippen LogP contribution in [0.25, 0.3) is 0 Å². The first-order valence-corrected chi connectivity index (χ1v) is 5.69. The smallest absolute Gasteiger partial charge is 0.141 e. The van der Waals surface area contributed by atoms with Gasteiger partial charge in [-0.1, -0.05) is 11.6 Å². The minimum atomic E-state index is -0.421. The van der Waals surface area contributed by atoms with Crippen molar-refractivity contribution < 1.29 is 4.39 Å². The van der Waals surface area contributed by atoms with Crippen molar-refractivity contribution in [2.45, 2.75) is 25.3 Å². The molecule has 16 heavy (non-hydrogen) atoms. The van der Waals surface area contributed by atoms with Crippen molar-refractivity contribution in [1.29, 1.82) is 5.26 Å². The van der Waals surface area contributed by atoms with Crippen LogP contribution in [0.15, 0.2) is 18.2 Å². The van der Waals surface area contributed by atoms with Gasteiger partial charge in [0, 0.05) is 11.7 Å². The van der Waals surface area contributed by atoms with Crippen molar-refractivity contribution in [1.82, 2.24) is 0 Å². The van der Waals surface area contributed by atoms with E-state index in [1.165, 1.54) is 6.07 Å². The maximum absolute atomic E-state index is 12.9. The standard InChI is InChI=1S/C12H12ClFN2/c13-10-6-9(4-5-11(10)14)16-12-3-1-2-8(12)7-15/h4-6,8,12,16H,1-3H2. The molecule has 0 aromatic heterocycles. The normalized spacial score (nSPS) is 24.1. The number of nitrogens with zero attached hydrogens (tertiary/aromatic N) is 1. The van der Waals surface area contributed by atoms with Crippen molar-refractivity contribution in [3.63, 3.8) is 0 Å². The maximum atomic E-state index is 12.9. The van der Waals surface area contributed by atoms with Crippen LogP contribution in [0.1, 0.15) is 19.3 Å². The predicted molar refractivity (Wildman–Crippen MR) is 61.8 cm³/mol. The third-order valence-corrected chi connectivity index (χ3v) is 3.24. The van der Waals surface area contributed by atoms with Crippen molar-refractivity contribution in [2.75, 3.05) is 5.32 Å². The monoisotopic (exact) mass is 238 g/mol. The number of anilines is 1. The van der Waals surface area contributed by atoms with Crippen molar-refractivity contribution in [3.05, 3.63) is 29.0 Å². The second-order valence-corrected chi connectivity index (χ2v) is 4.45. The largest absolute Gasteiger partial charge is 0.381 e. The van der Waals surface area contributed by atoms with E-state index in [9.17, 15) is 4.39 Å². The van der Waals surface area contributed by atoms with E-state index in [-0.39, 0.29) is 17.0 Å². The molecular weight excluding hydrogens is 227 g/mol. The predicted octanol–water partition coefficient (Wildman–Crippen LogP) is 3.58. The van der Waals surface area contributed by atoms with E-state index in [4.69, 9.17) is 16.9 Å². The number of halogens is 2. The van der Waals surface area contributed by atoms with Gasteiger partial charge >= 0.3 is 0 Å². The Balaban J connectivity index is 2.09. The van der Waals surface area contributed by atoms with E-state index in [1.54, 1.807) is 12.1 Å². The second-order valence-electron chi connectivity index (χ2n) is 4.05. The summed E-state index contributed by atoms with van der Waals surface area (Å²) < 4.78 is 12.9. The van der Waals surface area contributed by atoms with Gasteiger partial charge in [-0.3, -0.25) is 0 Å². The molecular formula is C12H12ClFN2. The number of hydrogen-bond donors (Lipinski definition) is 1. The number of rotatable bonds is 2. The number of benzene rings is 1. The Kier molecular flexibility index (Phi) is 3.31. The molecule has 84 valence electrons. The van der Waals surface area contributed by atoms with Gasteiger partial charge in [-0.05, 0) is 37.5 Å². The van der Waals surface area contributed by atoms with Gasteiger partial charge in [-0.25, -0.2) is 4.39 Å². The van der Waals surface area contributed by atoms with Gasteiger partial charge in [0.15, 0.2) is 0 Å². The summed E-state index contributed by atoms with van der Waals surface area (Å²) in [5, 5.41) is 12.3. The lowest BCUT2D eigenvalue weighted by atomic mass is 10.1. The molecule has 0 bridgehead atoms. The zero-order valence-corrected chi connectivity index (χ0v) is 9.47. The van der Waals surface area contributed by atoms with Gasteiger partial charge in [0.25, 0.3) is 0 Å². The van der Waals surface area contributed by atoms with Crippen LogP contribution in [0.2, 0.25) is 5.02 Å². The molecule has 1 aromatic rings. The molecule has 0 amide bonds. The van der Waals surface area contributed by atoms with Gasteiger partial charge in [0.05, 0.1) is 17.0 Å². The average Bonchev–Trinajstić information content (AvgIpc) is 2.71. The molecule has 1 aliphatic rings. The summed E-state index contributed by atoms with van der Waals surface area (Å²) in [5.41, 5.74) is 0.776. The quantitative estimate of drug-likeness (QED) is 0.855. The molecule has 2 atom stereocenters. The zero-order chi connectivity index (χ0) is 11.5. The Morgan fingerprint density at radius 1 is 1.44 bits per heavy atom. The molecule has 1 saturated carbocycles. The molecule has 0 aliphatic heterocycles. The second kappa shape index (κ2) is 4.71. The van der Waals surface area contributed by atoms with E-state index >= 15 is 0 Å². The van der Waals surface area contributed by atoms with Crippen LogP contribution in [0.4, 0.5) is 10.1 Å². The van der Waals surface area contributed by atoms with Crippen LogP contribution in [-0.4, -0.2) is 6.04 Å². The van der Waals surface area contributed by atoms with Gasteiger partial charge < -0.3 is 5.32 Å². The van der Waals surface area contributed by atoms with Gasteiger partial charge in [0.2, 0.25) is 0 Å². The third kappa shape index (κ3) is 2.28. The molecule has 2 rings (SSSR count). The number of hydrogen-bond acceptors (Lipinski definition) is 2. The molecule has 1 aliphatic carbocycles. The van der Waals surface area contributed by atoms with Crippen LogP contribution in [0, 0.1) is 23.1 Å². The summed E-state index contributed by atoms with van der Waals surface area (Å²) in [7, 11) is 0. The highest BCUT2D eigenvalue weighted by molar-refractivity contribution is 6.31. The lowest BCUT2D eigenvalue weighted by Crippen LogP contribution is -2.22. The van der Waals surface area contributed by atoms with E-state index < -0.39 is 5.82 Å². The van der Waals surface area contributed by atoms with Crippen molar-refractivity contribution >= 4 is 17.3 Å². The zero-order valence-electron chi connectivity index (χ0n) is 8.71. The van der Waals surface area contributed by atoms with Crippen LogP contribution in [0.3, 0.4) is 0 Å². The van der Waals surface area contributed by atoms with Gasteiger partial charge in [-0.15, -0.1) is 0 Å². The van der Waals surface area contributed by atoms with E-state index in [0.717, 1.165) is 24.9 Å². The van der Waals surface area contributed by atoms with Crippen LogP contribution >= 0.6 is 11.6 Å². The Hall–Kier alpha value is -1.27. The summed E-state index contributed by atoms with van der Waals surface area (Å²) in [6.45, 7) is 0. The maximum Gasteiger partial charge on any atom is 0.141 e. The van der Waals surface area contributed by atoms with Gasteiger partial charge in [0.1, 0.15) is 5.82 Å². The van der Waals surface area contributed by atoms with Gasteiger partial charge in [-0.2, -0.15) is 5.26 Å². The Labute approximate surface area is 99.0 Å². The van der Waals surface area contributed by atoms with E-state index in [2.05, 4.69) is 11.4 Å². The lowest BCUT2D eigenvalue weighted by Gasteiger charge is -2.17. The molecule has 1 N–H and O–H groups in total. The van der Waals surface area contributed by atoms with Crippen LogP contribution in [0.5, 0.6) is 0 Å². The first kappa shape index (κ1) is 11.2. The Morgan fingerprint density at radius 3 is 2.94 bits per heavy atom. The third-order valence-electron chi connectivity index (χ3n) is 2.95. The van der Waals surface area contributed by atoms with E-state index in [1.807, 2.05) is 0 Å². The molecule has 4 heteroatoms. The summed E-state index contributed by atoms with van der Waals surface area (Å²) in [6.07, 6.45) is 2.97. The fourth-order valence-electron chi connectivity index (χ4n) is 2.09. The van der Waals surface area contributed by atoms with E-state index in [0.29, 0.717) is 0 Å². The molecule has 0 saturated heterocycles. The Bertz CT molecular complexity index is 428. The topological polar surface area (TPSA) is 35.8 Å². The first-order valence-electron chi connectivity index (χ1n) is 5.32. The van der Waals surface area contributed by atoms with Crippen LogP contribution in [-0.2, 0) is 0 Å². The number of nitrogens with one attached hydrogen (secondary N) is 1. The molecule has 2 nitrogen and oxygen atoms in total. The van der Waals surface area contributed by atoms with Crippen molar-refractivity contribution in [3.8, 4) is 6.07 Å². The molecule has 1 fully saturated rings. The summed E-state index contributed by atoms with van der Waals surface area (Å²) >= 11 is 5.69. The summed E-state index contributed by atoms with van der Waals surface area (Å²) in [5.74, 6) is -0.376. The number of nitriles is 1. The SMILES string of the molecule is N#CC1CCCC1Nc1ccc(F)c(Cl)c1. The van der Waals surface area contributed by atoms with Crippen LogP contribution < -0.4 is 5.32 Å². The molecule has 1 aromatic carbocycles. The lowest BCUT2D eigenvalue weighted by molar-refractivity contribution is 0.623. The minimum Gasteiger partial charge on any atom is -0.381 e. The highest BCUT2D eigenvalue weighted by Crippen LogP contribution is 2.29. The highest BCUT2D eigenvalue weighted by atomic mass is 35.5. The highest BCUT2D eigenvalue weighted by Gasteiger charge is 2.26. The summed E-state index contributed by atoms with van der Waals surface area (Å²) in [4.78, 5) is 0. The van der Waals surface area contributed by atoms with Crippen molar-refractivity contribution in [2.24, 2.45) is 5.92 Å². The molecule has 0 spiro atoms. The minimum absolute atomic E-state index is 0.0452. The molecule has 2 unspecified atom stereocenters. The first-order chi connectivity index (χ1) is 7.70. The summed E-state index contributed by atoms with van der Waals surface area (Å²) in [6, 6.07) is 6.99. The molecule has 0 heterocycles. The molecule has 0 radical (unpaired) electrons.